The normalized spacial score (nSPS) is 10.2. The maximum atomic E-state index is 12.3. The molecule has 0 saturated carbocycles. The number of carbonyl (C=O) groups is 2. The highest BCUT2D eigenvalue weighted by Gasteiger charge is 2.16. The fourth-order valence-electron chi connectivity index (χ4n) is 2.99. The van der Waals surface area contributed by atoms with Crippen LogP contribution >= 0.6 is 0 Å². The number of amides is 1. The minimum atomic E-state index is -0.578. The number of ether oxygens (including phenoxy) is 1. The fraction of sp³-hybridized carbons (Fsp3) is 0.393. The van der Waals surface area contributed by atoms with E-state index in [-0.39, 0.29) is 24.4 Å². The molecular formula is C28H38N4O4. The molecule has 0 bridgehead atoms. The lowest BCUT2D eigenvalue weighted by molar-refractivity contribution is 0.0523. The van der Waals surface area contributed by atoms with Crippen LogP contribution in [0.3, 0.4) is 0 Å². The Hall–Kier alpha value is -3.81. The summed E-state index contributed by atoms with van der Waals surface area (Å²) >= 11 is 0. The first-order chi connectivity index (χ1) is 17.1. The highest BCUT2D eigenvalue weighted by molar-refractivity contribution is 5.94. The zero-order valence-electron chi connectivity index (χ0n) is 22.6. The van der Waals surface area contributed by atoms with E-state index in [1.807, 2.05) is 39.8 Å². The standard InChI is InChI=1S/C24H26N4O4.2C2H6/c1-16(29)19-7-5-6-17(10-19)15-28-22(30)9-8-21(27-28)20-11-18(12-25-14-20)13-26-23(31)32-24(2,3)4;2*1-2/h5-12,14H,13,15H2,1-4H3,(H,26,31);2*1-2H3. The summed E-state index contributed by atoms with van der Waals surface area (Å²) in [6.07, 6.45) is 2.77. The molecule has 0 aliphatic heterocycles. The number of aromatic nitrogens is 3. The van der Waals surface area contributed by atoms with Crippen LogP contribution in [0.4, 0.5) is 4.79 Å². The van der Waals surface area contributed by atoms with Crippen molar-refractivity contribution in [2.45, 2.75) is 74.1 Å². The summed E-state index contributed by atoms with van der Waals surface area (Å²) in [6, 6.07) is 12.0. The Morgan fingerprint density at radius 2 is 1.67 bits per heavy atom. The van der Waals surface area contributed by atoms with Gasteiger partial charge >= 0.3 is 6.09 Å². The van der Waals surface area contributed by atoms with Gasteiger partial charge in [0.05, 0.1) is 12.2 Å². The Morgan fingerprint density at radius 3 is 2.31 bits per heavy atom. The first-order valence-corrected chi connectivity index (χ1v) is 12.2. The first kappa shape index (κ1) is 30.2. The molecule has 2 aromatic heterocycles. The number of rotatable bonds is 6. The van der Waals surface area contributed by atoms with Crippen LogP contribution in [0.1, 0.15) is 76.9 Å². The van der Waals surface area contributed by atoms with Gasteiger partial charge in [0.2, 0.25) is 0 Å². The second-order valence-corrected chi connectivity index (χ2v) is 8.41. The molecule has 0 atom stereocenters. The van der Waals surface area contributed by atoms with Crippen LogP contribution in [0.15, 0.2) is 59.7 Å². The van der Waals surface area contributed by atoms with Crippen molar-refractivity contribution in [3.8, 4) is 11.3 Å². The molecule has 0 radical (unpaired) electrons. The van der Waals surface area contributed by atoms with Crippen LogP contribution in [0.2, 0.25) is 0 Å². The summed E-state index contributed by atoms with van der Waals surface area (Å²) in [5.74, 6) is -0.0382. The van der Waals surface area contributed by atoms with Crippen molar-refractivity contribution >= 4 is 11.9 Å². The molecule has 0 unspecified atom stereocenters. The van der Waals surface area contributed by atoms with Gasteiger partial charge < -0.3 is 10.1 Å². The largest absolute Gasteiger partial charge is 0.444 e. The quantitative estimate of drug-likeness (QED) is 0.445. The van der Waals surface area contributed by atoms with E-state index >= 15 is 0 Å². The van der Waals surface area contributed by atoms with Gasteiger partial charge in [0.15, 0.2) is 5.78 Å². The lowest BCUT2D eigenvalue weighted by atomic mass is 10.1. The van der Waals surface area contributed by atoms with Crippen molar-refractivity contribution in [3.63, 3.8) is 0 Å². The molecule has 0 fully saturated rings. The number of hydrogen-bond donors (Lipinski definition) is 1. The van der Waals surface area contributed by atoms with Crippen molar-refractivity contribution in [1.82, 2.24) is 20.1 Å². The highest BCUT2D eigenvalue weighted by Crippen LogP contribution is 2.16. The molecule has 1 amide bonds. The van der Waals surface area contributed by atoms with Gasteiger partial charge in [-0.2, -0.15) is 5.10 Å². The summed E-state index contributed by atoms with van der Waals surface area (Å²) in [5.41, 5.74) is 2.60. The third-order valence-corrected chi connectivity index (χ3v) is 4.46. The van der Waals surface area contributed by atoms with Gasteiger partial charge in [0.25, 0.3) is 5.56 Å². The average molecular weight is 495 g/mol. The monoisotopic (exact) mass is 494 g/mol. The molecule has 3 aromatic rings. The second kappa shape index (κ2) is 14.6. The second-order valence-electron chi connectivity index (χ2n) is 8.41. The van der Waals surface area contributed by atoms with Gasteiger partial charge in [-0.1, -0.05) is 45.9 Å². The molecule has 8 nitrogen and oxygen atoms in total. The summed E-state index contributed by atoms with van der Waals surface area (Å²) in [4.78, 5) is 40.1. The van der Waals surface area contributed by atoms with E-state index in [1.54, 1.807) is 57.4 Å². The van der Waals surface area contributed by atoms with E-state index in [1.165, 1.54) is 17.7 Å². The molecular weight excluding hydrogens is 456 g/mol. The Kier molecular flexibility index (Phi) is 12.2. The van der Waals surface area contributed by atoms with Gasteiger partial charge in [-0.3, -0.25) is 14.6 Å². The minimum Gasteiger partial charge on any atom is -0.444 e. The SMILES string of the molecule is CC.CC.CC(=O)c1cccc(Cn2nc(-c3cncc(CNC(=O)OC(C)(C)C)c3)ccc2=O)c1. The lowest BCUT2D eigenvalue weighted by Crippen LogP contribution is -2.32. The number of nitrogens with one attached hydrogen (secondary N) is 1. The molecule has 194 valence electrons. The minimum absolute atomic E-state index is 0.0382. The van der Waals surface area contributed by atoms with E-state index < -0.39 is 11.7 Å². The Morgan fingerprint density at radius 1 is 0.972 bits per heavy atom. The van der Waals surface area contributed by atoms with E-state index in [9.17, 15) is 14.4 Å². The van der Waals surface area contributed by atoms with Gasteiger partial charge in [0, 0.05) is 36.1 Å². The van der Waals surface area contributed by atoms with E-state index in [0.29, 0.717) is 16.8 Å². The molecule has 0 saturated heterocycles. The Balaban J connectivity index is 0.00000154. The molecule has 0 aliphatic carbocycles. The summed E-state index contributed by atoms with van der Waals surface area (Å²) < 4.78 is 6.59. The Labute approximate surface area is 213 Å². The van der Waals surface area contributed by atoms with Gasteiger partial charge in [-0.25, -0.2) is 9.48 Å². The van der Waals surface area contributed by atoms with E-state index in [4.69, 9.17) is 4.74 Å². The zero-order chi connectivity index (χ0) is 27.3. The summed E-state index contributed by atoms with van der Waals surface area (Å²) in [5, 5.41) is 7.16. The smallest absolute Gasteiger partial charge is 0.407 e. The lowest BCUT2D eigenvalue weighted by Gasteiger charge is -2.19. The summed E-state index contributed by atoms with van der Waals surface area (Å²) in [6.45, 7) is 15.4. The molecule has 2 heterocycles. The molecule has 8 heteroatoms. The van der Waals surface area contributed by atoms with Gasteiger partial charge in [-0.15, -0.1) is 0 Å². The van der Waals surface area contributed by atoms with Crippen molar-refractivity contribution in [2.75, 3.05) is 0 Å². The van der Waals surface area contributed by atoms with Crippen LogP contribution in [-0.4, -0.2) is 32.2 Å². The van der Waals surface area contributed by atoms with Crippen LogP contribution in [-0.2, 0) is 17.8 Å². The molecule has 3 rings (SSSR count). The van der Waals surface area contributed by atoms with E-state index in [2.05, 4.69) is 15.4 Å². The van der Waals surface area contributed by atoms with E-state index in [0.717, 1.165) is 11.1 Å². The molecule has 36 heavy (non-hydrogen) atoms. The maximum Gasteiger partial charge on any atom is 0.407 e. The molecule has 0 spiro atoms. The fourth-order valence-corrected chi connectivity index (χ4v) is 2.99. The highest BCUT2D eigenvalue weighted by atomic mass is 16.6. The molecule has 1 aromatic carbocycles. The van der Waals surface area contributed by atoms with Gasteiger partial charge in [0.1, 0.15) is 5.60 Å². The van der Waals surface area contributed by atoms with Gasteiger partial charge in [-0.05, 0) is 57.0 Å². The van der Waals surface area contributed by atoms with Crippen molar-refractivity contribution in [2.24, 2.45) is 0 Å². The third kappa shape index (κ3) is 9.82. The first-order valence-electron chi connectivity index (χ1n) is 12.2. The third-order valence-electron chi connectivity index (χ3n) is 4.46. The van der Waals surface area contributed by atoms with Crippen LogP contribution in [0.25, 0.3) is 11.3 Å². The zero-order valence-corrected chi connectivity index (χ0v) is 22.6. The molecule has 0 aliphatic rings. The number of Topliss-reactive ketones (excluding diaryl/α,β-unsaturated/α-hetero) is 1. The Bertz CT molecular complexity index is 1200. The maximum absolute atomic E-state index is 12.3. The van der Waals surface area contributed by atoms with Crippen LogP contribution < -0.4 is 10.9 Å². The average Bonchev–Trinajstić information content (AvgIpc) is 2.86. The topological polar surface area (TPSA) is 103 Å². The van der Waals surface area contributed by atoms with Crippen molar-refractivity contribution in [1.29, 1.82) is 0 Å². The summed E-state index contributed by atoms with van der Waals surface area (Å²) in [7, 11) is 0. The van der Waals surface area contributed by atoms with Crippen LogP contribution in [0.5, 0.6) is 0 Å². The number of hydrogen-bond acceptors (Lipinski definition) is 6. The number of alkyl carbamates (subject to hydrolysis) is 1. The number of nitrogens with zero attached hydrogens (tertiary/aromatic N) is 3. The predicted molar refractivity (Wildman–Crippen MR) is 143 cm³/mol. The number of pyridine rings is 1. The van der Waals surface area contributed by atoms with Crippen LogP contribution in [0, 0.1) is 0 Å². The molecule has 1 N–H and O–H groups in total. The van der Waals surface area contributed by atoms with Crippen molar-refractivity contribution in [3.05, 3.63) is 81.9 Å². The number of carbonyl (C=O) groups excluding carboxylic acids is 2. The number of benzene rings is 1. The number of ketones is 1. The van der Waals surface area contributed by atoms with Crippen molar-refractivity contribution < 1.29 is 14.3 Å². The predicted octanol–water partition coefficient (Wildman–Crippen LogP) is 5.63.